The molecular formula is C16H28N2O2. The largest absolute Gasteiger partial charge is 0.329 e. The number of fused-ring (bicyclic) bond motifs is 1. The Hall–Kier alpha value is -1.06. The Bertz CT molecular complexity index is 400. The van der Waals surface area contributed by atoms with Gasteiger partial charge in [0.1, 0.15) is 12.1 Å². The van der Waals surface area contributed by atoms with E-state index < -0.39 is 0 Å². The van der Waals surface area contributed by atoms with E-state index in [1.807, 2.05) is 16.7 Å². The predicted octanol–water partition coefficient (Wildman–Crippen LogP) is 2.28. The maximum Gasteiger partial charge on any atom is 0.246 e. The van der Waals surface area contributed by atoms with Crippen molar-refractivity contribution in [2.75, 3.05) is 13.1 Å². The van der Waals surface area contributed by atoms with Crippen molar-refractivity contribution in [1.82, 2.24) is 9.80 Å². The molecule has 2 fully saturated rings. The molecule has 0 spiro atoms. The molecule has 3 atom stereocenters. The number of piperazine rings is 1. The molecule has 0 bridgehead atoms. The Kier molecular flexibility index (Phi) is 4.12. The van der Waals surface area contributed by atoms with Gasteiger partial charge in [-0.15, -0.1) is 0 Å². The van der Waals surface area contributed by atoms with Crippen LogP contribution in [-0.4, -0.2) is 46.8 Å². The zero-order valence-corrected chi connectivity index (χ0v) is 13.5. The highest BCUT2D eigenvalue weighted by atomic mass is 16.2. The van der Waals surface area contributed by atoms with Crippen molar-refractivity contribution in [3.8, 4) is 0 Å². The molecule has 0 aliphatic carbocycles. The summed E-state index contributed by atoms with van der Waals surface area (Å²) in [5, 5.41) is 0. The lowest BCUT2D eigenvalue weighted by Gasteiger charge is -2.47. The van der Waals surface area contributed by atoms with Gasteiger partial charge in [-0.2, -0.15) is 0 Å². The minimum absolute atomic E-state index is 0.135. The van der Waals surface area contributed by atoms with Crippen LogP contribution in [0.5, 0.6) is 0 Å². The zero-order valence-electron chi connectivity index (χ0n) is 13.5. The quantitative estimate of drug-likeness (QED) is 0.778. The molecule has 0 aromatic rings. The van der Waals surface area contributed by atoms with Gasteiger partial charge >= 0.3 is 0 Å². The van der Waals surface area contributed by atoms with Crippen LogP contribution in [0.25, 0.3) is 0 Å². The molecule has 2 heterocycles. The van der Waals surface area contributed by atoms with Crippen LogP contribution in [0.15, 0.2) is 0 Å². The molecule has 114 valence electrons. The summed E-state index contributed by atoms with van der Waals surface area (Å²) >= 11 is 0. The first kappa shape index (κ1) is 15.3. The number of rotatable bonds is 2. The monoisotopic (exact) mass is 280 g/mol. The summed E-state index contributed by atoms with van der Waals surface area (Å²) in [6.07, 6.45) is 2.91. The van der Waals surface area contributed by atoms with Gasteiger partial charge in [0.2, 0.25) is 11.8 Å². The second kappa shape index (κ2) is 5.38. The van der Waals surface area contributed by atoms with Gasteiger partial charge in [0.05, 0.1) is 0 Å². The van der Waals surface area contributed by atoms with E-state index in [2.05, 4.69) is 27.7 Å². The number of amides is 2. The Morgan fingerprint density at radius 3 is 2.45 bits per heavy atom. The van der Waals surface area contributed by atoms with Crippen LogP contribution in [-0.2, 0) is 9.59 Å². The summed E-state index contributed by atoms with van der Waals surface area (Å²) in [5.74, 6) is 0.667. The number of carbonyl (C=O) groups excluding carboxylic acids is 2. The molecular weight excluding hydrogens is 252 g/mol. The predicted molar refractivity (Wildman–Crippen MR) is 79.1 cm³/mol. The van der Waals surface area contributed by atoms with Gasteiger partial charge in [0.15, 0.2) is 0 Å². The normalized spacial score (nSPS) is 29.4. The van der Waals surface area contributed by atoms with E-state index in [0.29, 0.717) is 12.5 Å². The Morgan fingerprint density at radius 2 is 1.85 bits per heavy atom. The summed E-state index contributed by atoms with van der Waals surface area (Å²) in [6.45, 7) is 12.0. The van der Waals surface area contributed by atoms with E-state index in [4.69, 9.17) is 0 Å². The Morgan fingerprint density at radius 1 is 1.20 bits per heavy atom. The van der Waals surface area contributed by atoms with Gasteiger partial charge < -0.3 is 9.80 Å². The molecule has 4 nitrogen and oxygen atoms in total. The van der Waals surface area contributed by atoms with Crippen molar-refractivity contribution in [2.45, 2.75) is 66.0 Å². The zero-order chi connectivity index (χ0) is 15.1. The van der Waals surface area contributed by atoms with E-state index in [9.17, 15) is 9.59 Å². The molecule has 2 aliphatic rings. The van der Waals surface area contributed by atoms with Gasteiger partial charge in [-0.1, -0.05) is 27.7 Å². The van der Waals surface area contributed by atoms with Crippen LogP contribution in [0, 0.1) is 11.3 Å². The number of carbonyl (C=O) groups is 2. The second-order valence-corrected chi connectivity index (χ2v) is 7.48. The van der Waals surface area contributed by atoms with Crippen LogP contribution >= 0.6 is 0 Å². The summed E-state index contributed by atoms with van der Waals surface area (Å²) in [4.78, 5) is 28.8. The fourth-order valence-corrected chi connectivity index (χ4v) is 3.02. The first-order valence-corrected chi connectivity index (χ1v) is 7.84. The lowest BCUT2D eigenvalue weighted by Crippen LogP contribution is -2.65. The van der Waals surface area contributed by atoms with E-state index >= 15 is 0 Å². The molecule has 2 amide bonds. The van der Waals surface area contributed by atoms with E-state index in [1.165, 1.54) is 0 Å². The molecule has 0 radical (unpaired) electrons. The number of piperidine rings is 1. The smallest absolute Gasteiger partial charge is 0.246 e. The highest BCUT2D eigenvalue weighted by Gasteiger charge is 2.45. The second-order valence-electron chi connectivity index (χ2n) is 7.48. The number of hydrogen-bond acceptors (Lipinski definition) is 2. The van der Waals surface area contributed by atoms with Crippen LogP contribution in [0.4, 0.5) is 0 Å². The summed E-state index contributed by atoms with van der Waals surface area (Å²) in [7, 11) is 0. The molecule has 0 aromatic heterocycles. The molecule has 0 aromatic carbocycles. The van der Waals surface area contributed by atoms with Crippen molar-refractivity contribution in [3.05, 3.63) is 0 Å². The minimum Gasteiger partial charge on any atom is -0.329 e. The van der Waals surface area contributed by atoms with E-state index in [0.717, 1.165) is 25.8 Å². The van der Waals surface area contributed by atoms with Crippen molar-refractivity contribution in [1.29, 1.82) is 0 Å². The number of nitrogens with zero attached hydrogens (tertiary/aromatic N) is 2. The highest BCUT2D eigenvalue weighted by Crippen LogP contribution is 2.30. The average molecular weight is 280 g/mol. The average Bonchev–Trinajstić information content (AvgIpc) is 2.39. The van der Waals surface area contributed by atoms with Gasteiger partial charge in [-0.25, -0.2) is 0 Å². The van der Waals surface area contributed by atoms with Crippen molar-refractivity contribution < 1.29 is 9.59 Å². The minimum atomic E-state index is -0.304. The van der Waals surface area contributed by atoms with Crippen LogP contribution in [0.3, 0.4) is 0 Å². The van der Waals surface area contributed by atoms with Gasteiger partial charge in [0.25, 0.3) is 0 Å². The molecule has 2 rings (SSSR count). The maximum absolute atomic E-state index is 12.7. The molecule has 2 aliphatic heterocycles. The molecule has 2 saturated heterocycles. The first-order chi connectivity index (χ1) is 9.23. The lowest BCUT2D eigenvalue weighted by atomic mass is 9.81. The van der Waals surface area contributed by atoms with Gasteiger partial charge in [-0.3, -0.25) is 9.59 Å². The van der Waals surface area contributed by atoms with E-state index in [-0.39, 0.29) is 29.3 Å². The van der Waals surface area contributed by atoms with Crippen molar-refractivity contribution >= 4 is 11.8 Å². The highest BCUT2D eigenvalue weighted by molar-refractivity contribution is 5.96. The Balaban J connectivity index is 2.16. The molecule has 20 heavy (non-hydrogen) atoms. The fourth-order valence-electron chi connectivity index (χ4n) is 3.02. The van der Waals surface area contributed by atoms with Crippen LogP contribution in [0.2, 0.25) is 0 Å². The summed E-state index contributed by atoms with van der Waals surface area (Å²) in [6, 6.07) is -0.499. The third-order valence-corrected chi connectivity index (χ3v) is 5.13. The third-order valence-electron chi connectivity index (χ3n) is 5.13. The van der Waals surface area contributed by atoms with Gasteiger partial charge in [-0.05, 0) is 37.5 Å². The molecule has 0 saturated carbocycles. The topological polar surface area (TPSA) is 40.6 Å². The first-order valence-electron chi connectivity index (χ1n) is 7.84. The fraction of sp³-hybridized carbons (Fsp3) is 0.875. The van der Waals surface area contributed by atoms with Crippen LogP contribution in [0.1, 0.15) is 53.9 Å². The SMILES string of the molecule is CC1C(=O)N2CCCCC2C(=O)N1CC(C)C(C)(C)C. The van der Waals surface area contributed by atoms with Gasteiger partial charge in [0, 0.05) is 13.1 Å². The molecule has 3 unspecified atom stereocenters. The number of hydrogen-bond donors (Lipinski definition) is 0. The third kappa shape index (κ3) is 2.70. The summed E-state index contributed by atoms with van der Waals surface area (Å²) < 4.78 is 0. The standard InChI is InChI=1S/C16H28N2O2/c1-11(16(3,4)5)10-18-12(2)14(19)17-9-7-6-8-13(17)15(18)20/h11-13H,6-10H2,1-5H3. The molecule has 4 heteroatoms. The van der Waals surface area contributed by atoms with Crippen molar-refractivity contribution in [2.24, 2.45) is 11.3 Å². The lowest BCUT2D eigenvalue weighted by molar-refractivity contribution is -0.164. The van der Waals surface area contributed by atoms with Crippen LogP contribution < -0.4 is 0 Å². The molecule has 0 N–H and O–H groups in total. The maximum atomic E-state index is 12.7. The summed E-state index contributed by atoms with van der Waals surface area (Å²) in [5.41, 5.74) is 0.146. The Labute approximate surface area is 122 Å². The van der Waals surface area contributed by atoms with E-state index in [1.54, 1.807) is 0 Å². The van der Waals surface area contributed by atoms with Crippen molar-refractivity contribution in [3.63, 3.8) is 0 Å².